The van der Waals surface area contributed by atoms with Crippen molar-refractivity contribution < 1.29 is 24.2 Å². The molecule has 0 saturated carbocycles. The summed E-state index contributed by atoms with van der Waals surface area (Å²) < 4.78 is 17.6. The fourth-order valence-corrected chi connectivity index (χ4v) is 5.88. The van der Waals surface area contributed by atoms with Crippen molar-refractivity contribution in [1.82, 2.24) is 69.5 Å². The Balaban J connectivity index is 0.000000164. The van der Waals surface area contributed by atoms with E-state index in [1.165, 1.54) is 0 Å². The van der Waals surface area contributed by atoms with Gasteiger partial charge in [0.2, 0.25) is 11.9 Å². The molecule has 0 aliphatic carbocycles. The maximum absolute atomic E-state index is 12.1. The number of hydrogen-bond donors (Lipinski definition) is 4. The number of benzene rings is 2. The fourth-order valence-electron chi connectivity index (χ4n) is 5.88. The van der Waals surface area contributed by atoms with Crippen molar-refractivity contribution in [2.24, 2.45) is 5.73 Å². The van der Waals surface area contributed by atoms with Crippen molar-refractivity contribution in [3.05, 3.63) is 85.7 Å². The van der Waals surface area contributed by atoms with Gasteiger partial charge in [0, 0.05) is 31.9 Å². The molecule has 2 aromatic carbocycles. The summed E-state index contributed by atoms with van der Waals surface area (Å²) in [6.07, 6.45) is 13.3. The van der Waals surface area contributed by atoms with E-state index in [1.54, 1.807) is 75.2 Å². The van der Waals surface area contributed by atoms with Crippen LogP contribution in [-0.4, -0.2) is 106 Å². The summed E-state index contributed by atoms with van der Waals surface area (Å²) >= 11 is 0. The molecule has 10 rings (SSSR count). The van der Waals surface area contributed by atoms with Crippen molar-refractivity contribution in [2.75, 3.05) is 30.4 Å². The molecule has 0 radical (unpaired) electrons. The van der Waals surface area contributed by atoms with Gasteiger partial charge in [-0.15, -0.1) is 10.2 Å². The monoisotopic (exact) mass is 799 g/mol. The van der Waals surface area contributed by atoms with Crippen LogP contribution in [0.5, 0.6) is 11.5 Å². The molecule has 0 fully saturated rings. The minimum absolute atomic E-state index is 0.0675. The molecule has 22 heteroatoms. The number of carbonyl (C=O) groups is 2. The van der Waals surface area contributed by atoms with Crippen molar-refractivity contribution in [3.8, 4) is 22.9 Å². The Morgan fingerprint density at radius 3 is 2.36 bits per heavy atom. The number of nitrogens with one attached hydrogen (secondary N) is 2. The van der Waals surface area contributed by atoms with E-state index in [9.17, 15) is 9.59 Å². The van der Waals surface area contributed by atoms with E-state index in [-0.39, 0.29) is 12.4 Å². The number of carbonyl (C=O) groups excluding carboxylic acids is 1. The Labute approximate surface area is 334 Å². The molecule has 300 valence electrons. The normalized spacial score (nSPS) is 12.9. The van der Waals surface area contributed by atoms with Crippen LogP contribution in [0.25, 0.3) is 33.7 Å². The number of carboxylic acid groups (broad SMARTS) is 1. The highest BCUT2D eigenvalue weighted by Crippen LogP contribution is 2.22. The minimum atomic E-state index is -1.04. The molecule has 0 unspecified atom stereocenters. The highest BCUT2D eigenvalue weighted by atomic mass is 16.5. The second kappa shape index (κ2) is 17.5. The highest BCUT2D eigenvalue weighted by molar-refractivity contribution is 5.80. The molecule has 6 bridgehead atoms. The summed E-state index contributed by atoms with van der Waals surface area (Å²) in [6.45, 7) is 1.73. The molecule has 0 amide bonds. The molecular formula is C37H37N17O5. The van der Waals surface area contributed by atoms with E-state index in [1.807, 2.05) is 29.2 Å². The van der Waals surface area contributed by atoms with Crippen LogP contribution in [0.2, 0.25) is 0 Å². The molecule has 2 aliphatic heterocycles. The third-order valence-electron chi connectivity index (χ3n) is 8.77. The minimum Gasteiger partial charge on any atom is -0.486 e. The number of aliphatic carboxylic acids is 1. The number of rotatable bonds is 9. The molecule has 59 heavy (non-hydrogen) atoms. The maximum Gasteiger partial charge on any atom is 0.341 e. The average Bonchev–Trinajstić information content (AvgIpc) is 4.08. The molecule has 0 saturated heterocycles. The molecule has 8 heterocycles. The lowest BCUT2D eigenvalue weighted by Crippen LogP contribution is -2.11. The molecule has 0 spiro atoms. The topological polar surface area (TPSA) is 272 Å². The van der Waals surface area contributed by atoms with E-state index in [0.717, 1.165) is 49.4 Å². The Bertz CT molecular complexity index is 2690. The van der Waals surface area contributed by atoms with Crippen LogP contribution in [0.4, 0.5) is 23.3 Å². The maximum atomic E-state index is 12.1. The van der Waals surface area contributed by atoms with Gasteiger partial charge in [-0.05, 0) is 74.3 Å². The largest absolute Gasteiger partial charge is 0.486 e. The molecule has 2 aliphatic rings. The number of aryl methyl sites for hydroxylation is 2. The number of Topliss-reactive ketones (excluding diaryl/α,β-unsaturated/α-hetero) is 1. The Morgan fingerprint density at radius 1 is 0.881 bits per heavy atom. The van der Waals surface area contributed by atoms with Crippen LogP contribution >= 0.6 is 0 Å². The summed E-state index contributed by atoms with van der Waals surface area (Å²) in [5, 5.41) is 40.1. The van der Waals surface area contributed by atoms with E-state index in [2.05, 4.69) is 61.4 Å². The van der Waals surface area contributed by atoms with E-state index < -0.39 is 12.6 Å². The van der Waals surface area contributed by atoms with Gasteiger partial charge in [-0.3, -0.25) is 14.2 Å². The van der Waals surface area contributed by atoms with E-state index in [0.29, 0.717) is 64.4 Å². The van der Waals surface area contributed by atoms with Crippen molar-refractivity contribution >= 4 is 57.4 Å². The predicted octanol–water partition coefficient (Wildman–Crippen LogP) is 3.25. The summed E-state index contributed by atoms with van der Waals surface area (Å²) in [5.41, 5.74) is 10.8. The zero-order valence-electron chi connectivity index (χ0n) is 31.4. The highest BCUT2D eigenvalue weighted by Gasteiger charge is 2.14. The number of aromatic nitrogens is 14. The molecule has 5 N–H and O–H groups in total. The lowest BCUT2D eigenvalue weighted by atomic mass is 10.2. The molecule has 0 atom stereocenters. The number of nitrogens with zero attached hydrogens (tertiary/aromatic N) is 14. The zero-order chi connectivity index (χ0) is 40.6. The lowest BCUT2D eigenvalue weighted by molar-refractivity contribution is -0.139. The lowest BCUT2D eigenvalue weighted by Gasteiger charge is -2.07. The number of ketones is 1. The van der Waals surface area contributed by atoms with Gasteiger partial charge in [0.15, 0.2) is 34.7 Å². The molecule has 8 aromatic rings. The smallest absolute Gasteiger partial charge is 0.341 e. The second-order valence-electron chi connectivity index (χ2n) is 13.1. The van der Waals surface area contributed by atoms with E-state index >= 15 is 0 Å². The van der Waals surface area contributed by atoms with Gasteiger partial charge in [0.1, 0.15) is 18.1 Å². The first kappa shape index (κ1) is 38.0. The molecule has 6 aromatic heterocycles. The second-order valence-corrected chi connectivity index (χ2v) is 13.1. The zero-order valence-corrected chi connectivity index (χ0v) is 31.4. The van der Waals surface area contributed by atoms with Gasteiger partial charge in [-0.2, -0.15) is 29.5 Å². The molecule has 22 nitrogen and oxygen atoms in total. The van der Waals surface area contributed by atoms with Crippen LogP contribution in [0.15, 0.2) is 85.7 Å². The van der Waals surface area contributed by atoms with Gasteiger partial charge in [0.25, 0.3) is 0 Å². The van der Waals surface area contributed by atoms with Crippen LogP contribution in [0.1, 0.15) is 25.7 Å². The number of anilines is 4. The first-order valence-electron chi connectivity index (χ1n) is 18.5. The van der Waals surface area contributed by atoms with Gasteiger partial charge in [-0.1, -0.05) is 10.4 Å². The summed E-state index contributed by atoms with van der Waals surface area (Å²) in [4.78, 5) is 40.3. The standard InChI is InChI=1S/C19H18N8O2.C18H19N9O3/c28-15-3-1-2-8-26-11-13(9-21-26)22-19-20-10-17-18(23-19)27(25-24-17)14-4-6-16(7-5-14)29-12-15;19-6-1-7-26-10-12(8-21-26)22-18-20-9-15-17(23-18)27(25-24-15)13-2-4-14(5-3-13)30-11-16(28)29/h4-7,9-11H,1-3,8,12H2,(H,20,22,23);2-5,8-10H,1,6-7,11,19H2,(H,28,29)(H,20,22,23). The Hall–Kier alpha value is -7.88. The summed E-state index contributed by atoms with van der Waals surface area (Å²) in [7, 11) is 0. The SMILES string of the molecule is NCCCn1cc(Nc2ncc3nnn(-c4ccc(OCC(=O)O)cc4)c3n2)cn1.O=C1CCCCn2cc(cn2)Nc2ncc3nnn(c3n2)-c2ccc(cc2)OC1. The Kier molecular flexibility index (Phi) is 11.3. The first-order chi connectivity index (χ1) is 28.9. The first-order valence-corrected chi connectivity index (χ1v) is 18.5. The van der Waals surface area contributed by atoms with Crippen molar-refractivity contribution in [3.63, 3.8) is 0 Å². The van der Waals surface area contributed by atoms with Crippen LogP contribution < -0.4 is 25.8 Å². The van der Waals surface area contributed by atoms with Crippen LogP contribution in [0.3, 0.4) is 0 Å². The van der Waals surface area contributed by atoms with Gasteiger partial charge >= 0.3 is 5.97 Å². The summed E-state index contributed by atoms with van der Waals surface area (Å²) in [6, 6.07) is 14.1. The summed E-state index contributed by atoms with van der Waals surface area (Å²) in [5.74, 6) is 0.927. The Morgan fingerprint density at radius 2 is 1.61 bits per heavy atom. The van der Waals surface area contributed by atoms with Crippen molar-refractivity contribution in [1.29, 1.82) is 0 Å². The van der Waals surface area contributed by atoms with E-state index in [4.69, 9.17) is 20.3 Å². The van der Waals surface area contributed by atoms with Gasteiger partial charge in [-0.25, -0.2) is 14.8 Å². The fraction of sp³-hybridized carbons (Fsp3) is 0.243. The quantitative estimate of drug-likeness (QED) is 0.163. The van der Waals surface area contributed by atoms with Crippen LogP contribution in [-0.2, 0) is 22.7 Å². The third-order valence-corrected chi connectivity index (χ3v) is 8.77. The van der Waals surface area contributed by atoms with Crippen molar-refractivity contribution in [2.45, 2.75) is 38.8 Å². The number of nitrogens with two attached hydrogens (primary N) is 1. The number of ether oxygens (including phenoxy) is 2. The number of carboxylic acids is 1. The average molecular weight is 800 g/mol. The molecular weight excluding hydrogens is 763 g/mol. The number of fused-ring (bicyclic) bond motifs is 9. The van der Waals surface area contributed by atoms with Crippen LogP contribution in [0, 0.1) is 0 Å². The van der Waals surface area contributed by atoms with Gasteiger partial charge in [0.05, 0.1) is 47.5 Å². The van der Waals surface area contributed by atoms with Gasteiger partial charge < -0.3 is 30.9 Å². The predicted molar refractivity (Wildman–Crippen MR) is 211 cm³/mol. The number of hydrogen-bond acceptors (Lipinski definition) is 17. The third kappa shape index (κ3) is 9.40.